The van der Waals surface area contributed by atoms with Crippen LogP contribution in [0.15, 0.2) is 115 Å². The first kappa shape index (κ1) is 23.6. The number of nitrogens with zero attached hydrogens (tertiary/aromatic N) is 3. The number of hydrogen-bond acceptors (Lipinski definition) is 5. The zero-order chi connectivity index (χ0) is 26.1. The molecule has 0 amide bonds. The molecule has 6 heteroatoms. The van der Waals surface area contributed by atoms with E-state index >= 15 is 0 Å². The third kappa shape index (κ3) is 4.42. The van der Waals surface area contributed by atoms with Crippen LogP contribution in [-0.4, -0.2) is 15.0 Å². The number of aromatic nitrogens is 3. The molecule has 3 aromatic heterocycles. The lowest BCUT2D eigenvalue weighted by atomic mass is 10.0. The van der Waals surface area contributed by atoms with E-state index in [1.54, 1.807) is 23.6 Å². The molecule has 0 aliphatic carbocycles. The number of allylic oxidation sites excluding steroid dienone is 2. The third-order valence-corrected chi connectivity index (χ3v) is 7.31. The number of aryl methyl sites for hydroxylation is 1. The summed E-state index contributed by atoms with van der Waals surface area (Å²) < 4.78 is 0. The van der Waals surface area contributed by atoms with E-state index in [4.69, 9.17) is 9.98 Å². The molecule has 38 heavy (non-hydrogen) atoms. The Bertz CT molecular complexity index is 1830. The molecule has 0 spiro atoms. The Morgan fingerprint density at radius 1 is 1.00 bits per heavy atom. The first-order valence-corrected chi connectivity index (χ1v) is 13.1. The van der Waals surface area contributed by atoms with Crippen molar-refractivity contribution in [1.29, 1.82) is 0 Å². The van der Waals surface area contributed by atoms with Gasteiger partial charge in [0.25, 0.3) is 0 Å². The van der Waals surface area contributed by atoms with Gasteiger partial charge < -0.3 is 10.3 Å². The summed E-state index contributed by atoms with van der Waals surface area (Å²) in [5, 5.41) is 7.47. The van der Waals surface area contributed by atoms with Crippen LogP contribution in [0.5, 0.6) is 0 Å². The Morgan fingerprint density at radius 2 is 1.87 bits per heavy atom. The number of rotatable bonds is 8. The number of pyridine rings is 1. The van der Waals surface area contributed by atoms with Crippen LogP contribution in [-0.2, 0) is 0 Å². The topological polar surface area (TPSA) is 66.0 Å². The van der Waals surface area contributed by atoms with Crippen molar-refractivity contribution < 1.29 is 0 Å². The molecule has 5 nitrogen and oxygen atoms in total. The summed E-state index contributed by atoms with van der Waals surface area (Å²) >= 11 is 1.69. The quantitative estimate of drug-likeness (QED) is 0.239. The molecule has 184 valence electrons. The lowest BCUT2D eigenvalue weighted by Gasteiger charge is -2.12. The van der Waals surface area contributed by atoms with Crippen molar-refractivity contribution in [3.05, 3.63) is 148 Å². The SMILES string of the molecule is C=C/C=C(/c1cccs1)c1nc(C2=c3cc(-c4cncc(NC(=C)c5ccccc5)c4)ccc3=N2)[nH]c1C. The fourth-order valence-corrected chi connectivity index (χ4v) is 5.28. The number of benzene rings is 2. The smallest absolute Gasteiger partial charge is 0.157 e. The van der Waals surface area contributed by atoms with Crippen LogP contribution in [0.25, 0.3) is 28.1 Å². The van der Waals surface area contributed by atoms with Crippen molar-refractivity contribution in [1.82, 2.24) is 15.0 Å². The summed E-state index contributed by atoms with van der Waals surface area (Å²) in [5.74, 6) is 0.765. The molecule has 4 heterocycles. The van der Waals surface area contributed by atoms with E-state index in [0.717, 1.165) is 72.0 Å². The van der Waals surface area contributed by atoms with Gasteiger partial charge in [0, 0.05) is 38.8 Å². The average molecular weight is 512 g/mol. The predicted molar refractivity (Wildman–Crippen MR) is 157 cm³/mol. The molecule has 0 saturated heterocycles. The molecule has 1 aliphatic heterocycles. The Morgan fingerprint density at radius 3 is 2.66 bits per heavy atom. The summed E-state index contributed by atoms with van der Waals surface area (Å²) in [6.45, 7) is 10.1. The number of H-pyrrole nitrogens is 1. The fraction of sp³-hybridized carbons (Fsp3) is 0.0312. The van der Waals surface area contributed by atoms with Gasteiger partial charge in [-0.3, -0.25) is 4.98 Å². The highest BCUT2D eigenvalue weighted by molar-refractivity contribution is 7.11. The van der Waals surface area contributed by atoms with Gasteiger partial charge in [0.2, 0.25) is 0 Å². The highest BCUT2D eigenvalue weighted by Crippen LogP contribution is 2.30. The van der Waals surface area contributed by atoms with Gasteiger partial charge in [0.05, 0.1) is 22.9 Å². The van der Waals surface area contributed by atoms with Gasteiger partial charge in [-0.25, -0.2) is 9.98 Å². The van der Waals surface area contributed by atoms with Gasteiger partial charge in [-0.05, 0) is 47.7 Å². The molecule has 1 aliphatic rings. The Labute approximate surface area is 225 Å². The Hall–Kier alpha value is -4.81. The number of fused-ring (bicyclic) bond motifs is 1. The zero-order valence-corrected chi connectivity index (χ0v) is 21.7. The molecule has 0 saturated carbocycles. The number of nitrogens with one attached hydrogen (secondary N) is 2. The summed E-state index contributed by atoms with van der Waals surface area (Å²) in [5.41, 5.74) is 8.64. The standard InChI is InChI=1S/C32H25N5S/c1-4-9-26(29-12-8-15-38-29)30-21(3)35-32(37-30)31-27-17-23(13-14-28(27)36-31)24-16-25(19-33-18-24)34-20(2)22-10-6-5-7-11-22/h4-19,34H,1-2H2,3H3,(H,35,37)/b26-9-. The molecule has 2 N–H and O–H groups in total. The minimum Gasteiger partial charge on any atom is -0.354 e. The minimum absolute atomic E-state index is 0.765. The summed E-state index contributed by atoms with van der Waals surface area (Å²) in [4.78, 5) is 18.8. The van der Waals surface area contributed by atoms with Crippen LogP contribution in [0.2, 0.25) is 0 Å². The van der Waals surface area contributed by atoms with Crippen molar-refractivity contribution in [2.45, 2.75) is 6.92 Å². The molecular weight excluding hydrogens is 486 g/mol. The van der Waals surface area contributed by atoms with Gasteiger partial charge >= 0.3 is 0 Å². The predicted octanol–water partition coefficient (Wildman–Crippen LogP) is 6.33. The van der Waals surface area contributed by atoms with E-state index in [-0.39, 0.29) is 0 Å². The number of hydrogen-bond donors (Lipinski definition) is 2. The number of thiophene rings is 1. The third-order valence-electron chi connectivity index (χ3n) is 6.41. The van der Waals surface area contributed by atoms with E-state index in [2.05, 4.69) is 58.1 Å². The van der Waals surface area contributed by atoms with E-state index in [1.807, 2.05) is 61.7 Å². The second kappa shape index (κ2) is 9.92. The number of aromatic amines is 1. The first-order valence-electron chi connectivity index (χ1n) is 12.2. The van der Waals surface area contributed by atoms with Crippen LogP contribution in [0.3, 0.4) is 0 Å². The van der Waals surface area contributed by atoms with Crippen molar-refractivity contribution in [3.63, 3.8) is 0 Å². The number of anilines is 1. The van der Waals surface area contributed by atoms with Crippen LogP contribution < -0.4 is 15.9 Å². The van der Waals surface area contributed by atoms with Crippen molar-refractivity contribution in [2.75, 3.05) is 5.32 Å². The molecule has 2 aromatic carbocycles. The summed E-state index contributed by atoms with van der Waals surface area (Å²) in [7, 11) is 0. The first-order chi connectivity index (χ1) is 18.6. The molecule has 0 fully saturated rings. The van der Waals surface area contributed by atoms with E-state index in [1.165, 1.54) is 0 Å². The highest BCUT2D eigenvalue weighted by Gasteiger charge is 2.19. The second-order valence-corrected chi connectivity index (χ2v) is 9.92. The maximum absolute atomic E-state index is 4.96. The summed E-state index contributed by atoms with van der Waals surface area (Å²) in [6.07, 6.45) is 7.49. The lowest BCUT2D eigenvalue weighted by molar-refractivity contribution is 1.11. The van der Waals surface area contributed by atoms with Crippen LogP contribution in [0, 0.1) is 6.92 Å². The maximum Gasteiger partial charge on any atom is 0.157 e. The lowest BCUT2D eigenvalue weighted by Crippen LogP contribution is -2.35. The minimum atomic E-state index is 0.765. The molecule has 0 radical (unpaired) electrons. The van der Waals surface area contributed by atoms with Crippen LogP contribution in [0.4, 0.5) is 5.69 Å². The average Bonchev–Trinajstić information content (AvgIpc) is 3.59. The van der Waals surface area contributed by atoms with Gasteiger partial charge in [-0.15, -0.1) is 11.3 Å². The fourth-order valence-electron chi connectivity index (χ4n) is 4.53. The summed E-state index contributed by atoms with van der Waals surface area (Å²) in [6, 6.07) is 22.6. The number of imidazole rings is 1. The van der Waals surface area contributed by atoms with Gasteiger partial charge in [0.15, 0.2) is 5.82 Å². The van der Waals surface area contributed by atoms with Crippen molar-refractivity contribution in [2.24, 2.45) is 4.99 Å². The zero-order valence-electron chi connectivity index (χ0n) is 20.9. The Kier molecular flexibility index (Phi) is 6.15. The molecule has 6 rings (SSSR count). The maximum atomic E-state index is 4.96. The molecule has 0 atom stereocenters. The van der Waals surface area contributed by atoms with Crippen LogP contribution in [0.1, 0.15) is 27.7 Å². The highest BCUT2D eigenvalue weighted by atomic mass is 32.1. The normalized spacial score (nSPS) is 12.3. The molecule has 5 aromatic rings. The largest absolute Gasteiger partial charge is 0.354 e. The van der Waals surface area contributed by atoms with Gasteiger partial charge in [-0.1, -0.05) is 67.8 Å². The Balaban J connectivity index is 1.32. The molecule has 0 unspecified atom stereocenters. The van der Waals surface area contributed by atoms with E-state index < -0.39 is 0 Å². The van der Waals surface area contributed by atoms with E-state index in [0.29, 0.717) is 0 Å². The second-order valence-electron chi connectivity index (χ2n) is 8.98. The van der Waals surface area contributed by atoms with Gasteiger partial charge in [-0.2, -0.15) is 0 Å². The van der Waals surface area contributed by atoms with Crippen molar-refractivity contribution >= 4 is 34.0 Å². The molecule has 0 bridgehead atoms. The van der Waals surface area contributed by atoms with Crippen LogP contribution >= 0.6 is 11.3 Å². The monoisotopic (exact) mass is 511 g/mol. The van der Waals surface area contributed by atoms with Crippen molar-refractivity contribution in [3.8, 4) is 11.1 Å². The van der Waals surface area contributed by atoms with E-state index in [9.17, 15) is 0 Å². The van der Waals surface area contributed by atoms with Gasteiger partial charge in [0.1, 0.15) is 5.70 Å². The molecular formula is C32H25N5S.